The molecule has 2 aromatic rings. The average Bonchev–Trinajstić information content (AvgIpc) is 2.87. The molecular formula is C12H15NO3S. The Balaban J connectivity index is 2.38. The fourth-order valence-corrected chi connectivity index (χ4v) is 2.68. The van der Waals surface area contributed by atoms with Gasteiger partial charge in [-0.25, -0.2) is 4.79 Å². The van der Waals surface area contributed by atoms with Crippen molar-refractivity contribution in [2.24, 2.45) is 0 Å². The van der Waals surface area contributed by atoms with E-state index in [0.717, 1.165) is 10.2 Å². The lowest BCUT2D eigenvalue weighted by Gasteiger charge is -2.08. The van der Waals surface area contributed by atoms with E-state index in [4.69, 9.17) is 9.47 Å². The number of rotatable bonds is 5. The van der Waals surface area contributed by atoms with E-state index < -0.39 is 0 Å². The van der Waals surface area contributed by atoms with Gasteiger partial charge in [-0.15, -0.1) is 11.3 Å². The van der Waals surface area contributed by atoms with Crippen LogP contribution in [-0.4, -0.2) is 30.9 Å². The molecule has 0 amide bonds. The Kier molecular flexibility index (Phi) is 3.81. The molecule has 17 heavy (non-hydrogen) atoms. The summed E-state index contributed by atoms with van der Waals surface area (Å²) in [4.78, 5) is 12.9. The molecule has 92 valence electrons. The molecule has 5 heteroatoms. The first kappa shape index (κ1) is 12.1. The summed E-state index contributed by atoms with van der Waals surface area (Å²) in [6.45, 7) is 3.44. The standard InChI is InChI=1S/C12H15NO3S/c1-3-16-12(14)10-8-9-4-7-17-11(9)13(10)5-6-15-2/h4,7-8H,3,5-6H2,1-2H3. The van der Waals surface area contributed by atoms with Crippen LogP contribution in [0.1, 0.15) is 17.4 Å². The molecule has 0 aromatic carbocycles. The number of fused-ring (bicyclic) bond motifs is 1. The summed E-state index contributed by atoms with van der Waals surface area (Å²) >= 11 is 1.62. The summed E-state index contributed by atoms with van der Waals surface area (Å²) in [5, 5.41) is 3.09. The van der Waals surface area contributed by atoms with Crippen molar-refractivity contribution in [1.82, 2.24) is 4.57 Å². The van der Waals surface area contributed by atoms with Crippen molar-refractivity contribution in [3.05, 3.63) is 23.2 Å². The molecule has 0 spiro atoms. The second-order valence-electron chi connectivity index (χ2n) is 3.58. The van der Waals surface area contributed by atoms with E-state index >= 15 is 0 Å². The first-order valence-electron chi connectivity index (χ1n) is 5.50. The van der Waals surface area contributed by atoms with Crippen molar-refractivity contribution < 1.29 is 14.3 Å². The van der Waals surface area contributed by atoms with Crippen molar-refractivity contribution in [1.29, 1.82) is 0 Å². The molecule has 0 aliphatic rings. The van der Waals surface area contributed by atoms with Gasteiger partial charge in [-0.3, -0.25) is 0 Å². The summed E-state index contributed by atoms with van der Waals surface area (Å²) < 4.78 is 12.1. The van der Waals surface area contributed by atoms with Crippen LogP contribution in [-0.2, 0) is 16.0 Å². The number of hydrogen-bond donors (Lipinski definition) is 0. The van der Waals surface area contributed by atoms with Gasteiger partial charge in [0.25, 0.3) is 0 Å². The lowest BCUT2D eigenvalue weighted by molar-refractivity contribution is 0.0512. The smallest absolute Gasteiger partial charge is 0.354 e. The van der Waals surface area contributed by atoms with Crippen LogP contribution in [0.4, 0.5) is 0 Å². The van der Waals surface area contributed by atoms with Gasteiger partial charge in [-0.05, 0) is 24.4 Å². The van der Waals surface area contributed by atoms with Crippen LogP contribution >= 0.6 is 11.3 Å². The van der Waals surface area contributed by atoms with Gasteiger partial charge in [0.1, 0.15) is 10.5 Å². The summed E-state index contributed by atoms with van der Waals surface area (Å²) in [6.07, 6.45) is 0. The van der Waals surface area contributed by atoms with Crippen molar-refractivity contribution in [2.75, 3.05) is 20.3 Å². The maximum atomic E-state index is 11.8. The molecule has 2 heterocycles. The van der Waals surface area contributed by atoms with Crippen LogP contribution in [0.5, 0.6) is 0 Å². The number of carbonyl (C=O) groups excluding carboxylic acids is 1. The third kappa shape index (κ3) is 2.35. The van der Waals surface area contributed by atoms with Gasteiger partial charge in [-0.2, -0.15) is 0 Å². The van der Waals surface area contributed by atoms with Crippen LogP contribution in [0.2, 0.25) is 0 Å². The lowest BCUT2D eigenvalue weighted by atomic mass is 10.3. The topological polar surface area (TPSA) is 40.5 Å². The Hall–Kier alpha value is -1.33. The van der Waals surface area contributed by atoms with Gasteiger partial charge in [0.15, 0.2) is 0 Å². The lowest BCUT2D eigenvalue weighted by Crippen LogP contribution is -2.14. The Morgan fingerprint density at radius 2 is 2.35 bits per heavy atom. The fraction of sp³-hybridized carbons (Fsp3) is 0.417. The predicted octanol–water partition coefficient (Wildman–Crippen LogP) is 2.53. The molecule has 0 bridgehead atoms. The number of methoxy groups -OCH3 is 1. The SMILES string of the molecule is CCOC(=O)c1cc2ccsc2n1CCOC. The van der Waals surface area contributed by atoms with Gasteiger partial charge >= 0.3 is 5.97 Å². The van der Waals surface area contributed by atoms with Crippen LogP contribution < -0.4 is 0 Å². The molecule has 0 saturated carbocycles. The highest BCUT2D eigenvalue weighted by atomic mass is 32.1. The number of nitrogens with zero attached hydrogens (tertiary/aromatic N) is 1. The number of thiophene rings is 1. The number of ether oxygens (including phenoxy) is 2. The largest absolute Gasteiger partial charge is 0.461 e. The minimum atomic E-state index is -0.271. The molecule has 2 rings (SSSR count). The highest BCUT2D eigenvalue weighted by Crippen LogP contribution is 2.25. The summed E-state index contributed by atoms with van der Waals surface area (Å²) in [7, 11) is 1.65. The summed E-state index contributed by atoms with van der Waals surface area (Å²) in [5.74, 6) is -0.271. The zero-order chi connectivity index (χ0) is 12.3. The zero-order valence-electron chi connectivity index (χ0n) is 9.93. The fourth-order valence-electron chi connectivity index (χ4n) is 1.75. The molecule has 0 aliphatic carbocycles. The van der Waals surface area contributed by atoms with E-state index in [2.05, 4.69) is 0 Å². The minimum absolute atomic E-state index is 0.271. The Labute approximate surface area is 104 Å². The van der Waals surface area contributed by atoms with Crippen molar-refractivity contribution >= 4 is 27.5 Å². The second-order valence-corrected chi connectivity index (χ2v) is 4.47. The summed E-state index contributed by atoms with van der Waals surface area (Å²) in [5.41, 5.74) is 0.603. The Bertz CT molecular complexity index is 515. The maximum Gasteiger partial charge on any atom is 0.354 e. The van der Waals surface area contributed by atoms with E-state index in [1.165, 1.54) is 0 Å². The van der Waals surface area contributed by atoms with E-state index in [0.29, 0.717) is 25.5 Å². The third-order valence-corrected chi connectivity index (χ3v) is 3.46. The molecular weight excluding hydrogens is 238 g/mol. The van der Waals surface area contributed by atoms with Crippen LogP contribution in [0.25, 0.3) is 10.2 Å². The molecule has 0 N–H and O–H groups in total. The second kappa shape index (κ2) is 5.33. The van der Waals surface area contributed by atoms with Crippen molar-refractivity contribution in [2.45, 2.75) is 13.5 Å². The van der Waals surface area contributed by atoms with Gasteiger partial charge < -0.3 is 14.0 Å². The first-order chi connectivity index (χ1) is 8.27. The number of aromatic nitrogens is 1. The zero-order valence-corrected chi connectivity index (χ0v) is 10.8. The monoisotopic (exact) mass is 253 g/mol. The van der Waals surface area contributed by atoms with Gasteiger partial charge in [0.2, 0.25) is 0 Å². The van der Waals surface area contributed by atoms with Crippen molar-refractivity contribution in [3.63, 3.8) is 0 Å². The highest BCUT2D eigenvalue weighted by molar-refractivity contribution is 7.16. The third-order valence-electron chi connectivity index (χ3n) is 2.51. The molecule has 4 nitrogen and oxygen atoms in total. The van der Waals surface area contributed by atoms with E-state index in [9.17, 15) is 4.79 Å². The highest BCUT2D eigenvalue weighted by Gasteiger charge is 2.16. The first-order valence-corrected chi connectivity index (χ1v) is 6.38. The molecule has 0 fully saturated rings. The molecule has 0 unspecified atom stereocenters. The minimum Gasteiger partial charge on any atom is -0.461 e. The van der Waals surface area contributed by atoms with E-state index in [-0.39, 0.29) is 5.97 Å². The molecule has 0 saturated heterocycles. The predicted molar refractivity (Wildman–Crippen MR) is 67.6 cm³/mol. The van der Waals surface area contributed by atoms with Crippen molar-refractivity contribution in [3.8, 4) is 0 Å². The van der Waals surface area contributed by atoms with Gasteiger partial charge in [-0.1, -0.05) is 0 Å². The molecule has 0 radical (unpaired) electrons. The van der Waals surface area contributed by atoms with Crippen LogP contribution in [0.15, 0.2) is 17.5 Å². The number of carbonyl (C=O) groups is 1. The van der Waals surface area contributed by atoms with Gasteiger partial charge in [0.05, 0.1) is 13.2 Å². The maximum absolute atomic E-state index is 11.8. The van der Waals surface area contributed by atoms with E-state index in [1.54, 1.807) is 18.4 Å². The number of hydrogen-bond acceptors (Lipinski definition) is 4. The van der Waals surface area contributed by atoms with E-state index in [1.807, 2.05) is 29.0 Å². The normalized spacial score (nSPS) is 10.9. The van der Waals surface area contributed by atoms with Crippen LogP contribution in [0, 0.1) is 0 Å². The Morgan fingerprint density at radius 1 is 1.53 bits per heavy atom. The quantitative estimate of drug-likeness (QED) is 0.769. The number of esters is 1. The van der Waals surface area contributed by atoms with Gasteiger partial charge in [0, 0.05) is 19.0 Å². The molecule has 0 atom stereocenters. The average molecular weight is 253 g/mol. The molecule has 2 aromatic heterocycles. The van der Waals surface area contributed by atoms with Crippen LogP contribution in [0.3, 0.4) is 0 Å². The summed E-state index contributed by atoms with van der Waals surface area (Å²) in [6, 6.07) is 3.88. The Morgan fingerprint density at radius 3 is 3.06 bits per heavy atom. The molecule has 0 aliphatic heterocycles.